The fourth-order valence-electron chi connectivity index (χ4n) is 3.64. The van der Waals surface area contributed by atoms with Crippen LogP contribution >= 0.6 is 0 Å². The second-order valence-corrected chi connectivity index (χ2v) is 8.77. The Morgan fingerprint density at radius 1 is 0.762 bits per heavy atom. The molecule has 0 unspecified atom stereocenters. The minimum atomic E-state index is -5.08. The molecule has 19 heteroatoms. The molecule has 4 rings (SSSR count). The van der Waals surface area contributed by atoms with E-state index >= 15 is 0 Å². The molecule has 0 radical (unpaired) electrons. The first-order valence-electron chi connectivity index (χ1n) is 11.3. The van der Waals surface area contributed by atoms with Crippen molar-refractivity contribution in [3.8, 4) is 0 Å². The number of carboxylic acid groups (broad SMARTS) is 3. The number of aromatic nitrogens is 2. The molecule has 10 nitrogen and oxygen atoms in total. The number of carboxylic acids is 3. The third kappa shape index (κ3) is 12.6. The highest BCUT2D eigenvalue weighted by atomic mass is 19.4. The lowest BCUT2D eigenvalue weighted by molar-refractivity contribution is -0.193. The van der Waals surface area contributed by atoms with Crippen molar-refractivity contribution < 1.29 is 69.2 Å². The van der Waals surface area contributed by atoms with E-state index in [4.69, 9.17) is 29.7 Å². The number of rotatable bonds is 3. The summed E-state index contributed by atoms with van der Waals surface area (Å²) >= 11 is 0. The Kier molecular flexibility index (Phi) is 12.5. The summed E-state index contributed by atoms with van der Waals surface area (Å²) in [4.78, 5) is 40.3. The van der Waals surface area contributed by atoms with Crippen LogP contribution in [0.3, 0.4) is 0 Å². The number of anilines is 1. The molecule has 1 spiro atoms. The number of nitrogens with zero attached hydrogens (tertiary/aromatic N) is 4. The zero-order valence-electron chi connectivity index (χ0n) is 21.1. The molecular weight excluding hydrogens is 599 g/mol. The Bertz CT molecular complexity index is 1100. The summed E-state index contributed by atoms with van der Waals surface area (Å²) < 4.78 is 95.2. The van der Waals surface area contributed by atoms with Crippen LogP contribution in [-0.4, -0.2) is 92.8 Å². The molecule has 0 atom stereocenters. The molecule has 42 heavy (non-hydrogen) atoms. The van der Waals surface area contributed by atoms with Crippen LogP contribution in [0, 0.1) is 5.41 Å². The molecule has 2 saturated heterocycles. The minimum absolute atomic E-state index is 0.486. The third-order valence-corrected chi connectivity index (χ3v) is 5.40. The van der Waals surface area contributed by atoms with E-state index in [1.54, 1.807) is 0 Å². The number of carbonyl (C=O) groups is 3. The summed E-state index contributed by atoms with van der Waals surface area (Å²) in [5.74, 6) is -7.15. The second kappa shape index (κ2) is 14.6. The van der Waals surface area contributed by atoms with Gasteiger partial charge in [0, 0.05) is 50.2 Å². The number of alkyl halides is 9. The fourth-order valence-corrected chi connectivity index (χ4v) is 3.64. The SMILES string of the molecule is O=C(O)C(F)(F)F.O=C(O)C(F)(F)F.O=C(O)C(F)(F)F.c1ccc(N2CC3(CCN(Cc4cccnc4)C3)C2)nc1. The van der Waals surface area contributed by atoms with Gasteiger partial charge in [0.25, 0.3) is 0 Å². The molecule has 2 fully saturated rings. The van der Waals surface area contributed by atoms with Gasteiger partial charge in [0.1, 0.15) is 5.82 Å². The Morgan fingerprint density at radius 2 is 1.26 bits per heavy atom. The summed E-state index contributed by atoms with van der Waals surface area (Å²) in [6, 6.07) is 10.3. The van der Waals surface area contributed by atoms with Crippen LogP contribution in [0.5, 0.6) is 0 Å². The first-order chi connectivity index (χ1) is 19.2. The standard InChI is InChI=1S/C17H20N4.3C2HF3O2/c1-2-8-19-16(5-1)21-13-17(14-21)6-9-20(12-17)11-15-4-3-7-18-10-15;3*3-2(4,5)1(6)7/h1-5,7-8,10H,6,9,11-14H2;3*(H,6,7). The average molecular weight is 622 g/mol. The zero-order valence-corrected chi connectivity index (χ0v) is 21.1. The lowest BCUT2D eigenvalue weighted by Crippen LogP contribution is -2.58. The van der Waals surface area contributed by atoms with E-state index in [9.17, 15) is 39.5 Å². The summed E-state index contributed by atoms with van der Waals surface area (Å²) in [5, 5.41) is 21.4. The van der Waals surface area contributed by atoms with Crippen molar-refractivity contribution >= 4 is 23.7 Å². The quantitative estimate of drug-likeness (QED) is 0.429. The molecule has 2 aromatic heterocycles. The van der Waals surface area contributed by atoms with E-state index in [1.807, 2.05) is 30.7 Å². The van der Waals surface area contributed by atoms with Crippen molar-refractivity contribution in [2.24, 2.45) is 5.41 Å². The molecule has 0 aromatic carbocycles. The van der Waals surface area contributed by atoms with E-state index in [0.29, 0.717) is 5.41 Å². The van der Waals surface area contributed by atoms with Crippen LogP contribution in [0.2, 0.25) is 0 Å². The largest absolute Gasteiger partial charge is 0.490 e. The van der Waals surface area contributed by atoms with Gasteiger partial charge in [0.2, 0.25) is 0 Å². The fraction of sp³-hybridized carbons (Fsp3) is 0.435. The number of hydrogen-bond acceptors (Lipinski definition) is 7. The third-order valence-electron chi connectivity index (χ3n) is 5.40. The maximum absolute atomic E-state index is 10.6. The van der Waals surface area contributed by atoms with Crippen LogP contribution in [-0.2, 0) is 20.9 Å². The van der Waals surface area contributed by atoms with Gasteiger partial charge in [-0.05, 0) is 36.7 Å². The van der Waals surface area contributed by atoms with E-state index in [-0.39, 0.29) is 0 Å². The molecule has 234 valence electrons. The van der Waals surface area contributed by atoms with Gasteiger partial charge >= 0.3 is 36.4 Å². The summed E-state index contributed by atoms with van der Waals surface area (Å²) in [6.07, 6.45) is -8.25. The Morgan fingerprint density at radius 3 is 1.64 bits per heavy atom. The predicted octanol–water partition coefficient (Wildman–Crippen LogP) is 4.09. The van der Waals surface area contributed by atoms with E-state index < -0.39 is 36.4 Å². The smallest absolute Gasteiger partial charge is 0.475 e. The molecule has 2 aromatic rings. The highest BCUT2D eigenvalue weighted by molar-refractivity contribution is 5.73. The first kappa shape index (κ1) is 35.9. The maximum Gasteiger partial charge on any atom is 0.490 e. The van der Waals surface area contributed by atoms with Crippen LogP contribution in [0.4, 0.5) is 45.3 Å². The van der Waals surface area contributed by atoms with Gasteiger partial charge in [0.05, 0.1) is 0 Å². The van der Waals surface area contributed by atoms with Crippen molar-refractivity contribution in [1.82, 2.24) is 14.9 Å². The Labute approximate surface area is 231 Å². The lowest BCUT2D eigenvalue weighted by Gasteiger charge is -2.48. The zero-order chi connectivity index (χ0) is 32.4. The Balaban J connectivity index is 0.000000348. The molecule has 3 N–H and O–H groups in total. The second-order valence-electron chi connectivity index (χ2n) is 8.77. The number of halogens is 9. The number of hydrogen-bond donors (Lipinski definition) is 3. The highest BCUT2D eigenvalue weighted by Gasteiger charge is 2.47. The van der Waals surface area contributed by atoms with E-state index in [1.165, 1.54) is 25.1 Å². The van der Waals surface area contributed by atoms with Gasteiger partial charge in [0.15, 0.2) is 0 Å². The maximum atomic E-state index is 10.6. The number of aliphatic carboxylic acids is 3. The van der Waals surface area contributed by atoms with Crippen molar-refractivity contribution in [3.63, 3.8) is 0 Å². The van der Waals surface area contributed by atoms with Gasteiger partial charge in [-0.3, -0.25) is 9.88 Å². The van der Waals surface area contributed by atoms with Crippen LogP contribution in [0.25, 0.3) is 0 Å². The van der Waals surface area contributed by atoms with Crippen molar-refractivity contribution in [3.05, 3.63) is 54.5 Å². The Hall–Kier alpha value is -4.16. The number of likely N-dealkylation sites (tertiary alicyclic amines) is 1. The summed E-state index contributed by atoms with van der Waals surface area (Å²) in [7, 11) is 0. The molecule has 0 amide bonds. The average Bonchev–Trinajstić information content (AvgIpc) is 3.28. The number of pyridine rings is 2. The van der Waals surface area contributed by atoms with Gasteiger partial charge in [-0.25, -0.2) is 19.4 Å². The molecule has 2 aliphatic rings. The molecule has 2 aliphatic heterocycles. The minimum Gasteiger partial charge on any atom is -0.475 e. The molecule has 0 aliphatic carbocycles. The van der Waals surface area contributed by atoms with Crippen LogP contribution in [0.1, 0.15) is 12.0 Å². The lowest BCUT2D eigenvalue weighted by atomic mass is 9.79. The van der Waals surface area contributed by atoms with Gasteiger partial charge in [-0.2, -0.15) is 39.5 Å². The topological polar surface area (TPSA) is 144 Å². The van der Waals surface area contributed by atoms with Crippen LogP contribution < -0.4 is 4.90 Å². The van der Waals surface area contributed by atoms with Gasteiger partial charge in [-0.1, -0.05) is 12.1 Å². The van der Waals surface area contributed by atoms with E-state index in [0.717, 1.165) is 25.5 Å². The van der Waals surface area contributed by atoms with Crippen molar-refractivity contribution in [1.29, 1.82) is 0 Å². The van der Waals surface area contributed by atoms with Crippen molar-refractivity contribution in [2.45, 2.75) is 31.5 Å². The first-order valence-corrected chi connectivity index (χ1v) is 11.3. The predicted molar refractivity (Wildman–Crippen MR) is 124 cm³/mol. The van der Waals surface area contributed by atoms with Crippen molar-refractivity contribution in [2.75, 3.05) is 31.1 Å². The van der Waals surface area contributed by atoms with Gasteiger partial charge in [-0.15, -0.1) is 0 Å². The van der Waals surface area contributed by atoms with Gasteiger partial charge < -0.3 is 20.2 Å². The summed E-state index contributed by atoms with van der Waals surface area (Å²) in [5.41, 5.74) is 1.80. The molecule has 0 bridgehead atoms. The normalized spacial score (nSPS) is 16.0. The molecule has 0 saturated carbocycles. The van der Waals surface area contributed by atoms with Crippen LogP contribution in [0.15, 0.2) is 48.9 Å². The highest BCUT2D eigenvalue weighted by Crippen LogP contribution is 2.41. The monoisotopic (exact) mass is 622 g/mol. The van der Waals surface area contributed by atoms with E-state index in [2.05, 4.69) is 38.0 Å². The summed E-state index contributed by atoms with van der Waals surface area (Å²) in [6.45, 7) is 5.72. The molecular formula is C23H23F9N4O6. The molecule has 4 heterocycles.